The SMILES string of the molecule is CC1(C)CCCN(C(=O)C(C#N)Cc2ccccc2)CC1. The van der Waals surface area contributed by atoms with Gasteiger partial charge in [0.2, 0.25) is 5.91 Å². The van der Waals surface area contributed by atoms with Gasteiger partial charge in [-0.3, -0.25) is 4.79 Å². The van der Waals surface area contributed by atoms with E-state index in [9.17, 15) is 10.1 Å². The van der Waals surface area contributed by atoms with E-state index in [1.807, 2.05) is 35.2 Å². The van der Waals surface area contributed by atoms with Crippen LogP contribution in [0.3, 0.4) is 0 Å². The number of carbonyl (C=O) groups is 1. The van der Waals surface area contributed by atoms with Gasteiger partial charge in [0.15, 0.2) is 0 Å². The minimum absolute atomic E-state index is 0.000877. The zero-order valence-electron chi connectivity index (χ0n) is 13.0. The summed E-state index contributed by atoms with van der Waals surface area (Å²) in [5.41, 5.74) is 1.35. The van der Waals surface area contributed by atoms with Crippen LogP contribution in [0.1, 0.15) is 38.7 Å². The lowest BCUT2D eigenvalue weighted by Crippen LogP contribution is -2.37. The van der Waals surface area contributed by atoms with E-state index in [1.54, 1.807) is 0 Å². The summed E-state index contributed by atoms with van der Waals surface area (Å²) in [7, 11) is 0. The first-order valence-electron chi connectivity index (χ1n) is 7.74. The Labute approximate surface area is 127 Å². The number of carbonyl (C=O) groups excluding carboxylic acids is 1. The van der Waals surface area contributed by atoms with E-state index in [0.717, 1.165) is 37.9 Å². The fraction of sp³-hybridized carbons (Fsp3) is 0.556. The highest BCUT2D eigenvalue weighted by Crippen LogP contribution is 2.30. The second kappa shape index (κ2) is 6.76. The fourth-order valence-corrected chi connectivity index (χ4v) is 2.90. The largest absolute Gasteiger partial charge is 0.342 e. The highest BCUT2D eigenvalue weighted by Gasteiger charge is 2.29. The highest BCUT2D eigenvalue weighted by molar-refractivity contribution is 5.81. The van der Waals surface area contributed by atoms with Crippen molar-refractivity contribution in [3.8, 4) is 6.07 Å². The first kappa shape index (κ1) is 15.6. The molecule has 1 aliphatic heterocycles. The van der Waals surface area contributed by atoms with Gasteiger partial charge in [0.05, 0.1) is 6.07 Å². The van der Waals surface area contributed by atoms with E-state index in [0.29, 0.717) is 11.8 Å². The van der Waals surface area contributed by atoms with Crippen LogP contribution in [0.4, 0.5) is 0 Å². The lowest BCUT2D eigenvalue weighted by Gasteiger charge is -2.25. The van der Waals surface area contributed by atoms with Gasteiger partial charge in [-0.25, -0.2) is 0 Å². The van der Waals surface area contributed by atoms with Crippen LogP contribution in [0.2, 0.25) is 0 Å². The van der Waals surface area contributed by atoms with Gasteiger partial charge >= 0.3 is 0 Å². The molecule has 0 spiro atoms. The Kier molecular flexibility index (Phi) is 5.01. The molecule has 1 fully saturated rings. The monoisotopic (exact) mass is 284 g/mol. The summed E-state index contributed by atoms with van der Waals surface area (Å²) in [6.07, 6.45) is 3.70. The van der Waals surface area contributed by atoms with Crippen LogP contribution in [-0.2, 0) is 11.2 Å². The van der Waals surface area contributed by atoms with E-state index >= 15 is 0 Å². The predicted octanol–water partition coefficient (Wildman–Crippen LogP) is 3.41. The molecule has 3 nitrogen and oxygen atoms in total. The molecule has 1 aliphatic rings. The summed E-state index contributed by atoms with van der Waals surface area (Å²) < 4.78 is 0. The first-order chi connectivity index (χ1) is 10.0. The van der Waals surface area contributed by atoms with Crippen molar-refractivity contribution >= 4 is 5.91 Å². The minimum Gasteiger partial charge on any atom is -0.342 e. The maximum Gasteiger partial charge on any atom is 0.240 e. The summed E-state index contributed by atoms with van der Waals surface area (Å²) in [6.45, 7) is 6.08. The molecule has 0 N–H and O–H groups in total. The van der Waals surface area contributed by atoms with Crippen LogP contribution < -0.4 is 0 Å². The lowest BCUT2D eigenvalue weighted by molar-refractivity contribution is -0.133. The van der Waals surface area contributed by atoms with Gasteiger partial charge in [-0.1, -0.05) is 44.2 Å². The zero-order chi connectivity index (χ0) is 15.3. The quantitative estimate of drug-likeness (QED) is 0.853. The molecular formula is C18H24N2O. The van der Waals surface area contributed by atoms with Gasteiger partial charge in [-0.05, 0) is 36.7 Å². The van der Waals surface area contributed by atoms with Gasteiger partial charge < -0.3 is 4.90 Å². The van der Waals surface area contributed by atoms with Gasteiger partial charge in [0.25, 0.3) is 0 Å². The van der Waals surface area contributed by atoms with E-state index in [1.165, 1.54) is 0 Å². The number of hydrogen-bond donors (Lipinski definition) is 0. The molecule has 21 heavy (non-hydrogen) atoms. The lowest BCUT2D eigenvalue weighted by atomic mass is 9.85. The third-order valence-electron chi connectivity index (χ3n) is 4.39. The predicted molar refractivity (Wildman–Crippen MR) is 83.5 cm³/mol. The fourth-order valence-electron chi connectivity index (χ4n) is 2.90. The number of hydrogen-bond acceptors (Lipinski definition) is 2. The minimum atomic E-state index is -0.561. The Balaban J connectivity index is 2.01. The van der Waals surface area contributed by atoms with Gasteiger partial charge in [0, 0.05) is 13.1 Å². The molecule has 1 aromatic carbocycles. The van der Waals surface area contributed by atoms with E-state index in [4.69, 9.17) is 0 Å². The van der Waals surface area contributed by atoms with Crippen LogP contribution >= 0.6 is 0 Å². The molecule has 0 aromatic heterocycles. The topological polar surface area (TPSA) is 44.1 Å². The van der Waals surface area contributed by atoms with Crippen molar-refractivity contribution in [3.05, 3.63) is 35.9 Å². The molecule has 1 saturated heterocycles. The van der Waals surface area contributed by atoms with Crippen molar-refractivity contribution in [1.82, 2.24) is 4.90 Å². The number of benzene rings is 1. The van der Waals surface area contributed by atoms with E-state index in [2.05, 4.69) is 19.9 Å². The molecule has 1 unspecified atom stereocenters. The van der Waals surface area contributed by atoms with Gasteiger partial charge in [-0.15, -0.1) is 0 Å². The molecule has 0 radical (unpaired) electrons. The summed E-state index contributed by atoms with van der Waals surface area (Å²) in [5, 5.41) is 9.36. The molecule has 0 bridgehead atoms. The molecule has 1 heterocycles. The molecule has 0 saturated carbocycles. The molecule has 112 valence electrons. The molecule has 0 aliphatic carbocycles. The van der Waals surface area contributed by atoms with Crippen LogP contribution in [0.25, 0.3) is 0 Å². The molecule has 1 aromatic rings. The van der Waals surface area contributed by atoms with Crippen molar-refractivity contribution in [2.45, 2.75) is 39.5 Å². The van der Waals surface area contributed by atoms with E-state index < -0.39 is 5.92 Å². The third-order valence-corrected chi connectivity index (χ3v) is 4.39. The Bertz CT molecular complexity index is 516. The second-order valence-corrected chi connectivity index (χ2v) is 6.71. The zero-order valence-corrected chi connectivity index (χ0v) is 13.0. The normalized spacial score (nSPS) is 19.4. The van der Waals surface area contributed by atoms with Crippen molar-refractivity contribution in [2.75, 3.05) is 13.1 Å². The van der Waals surface area contributed by atoms with Gasteiger partial charge in [0.1, 0.15) is 5.92 Å². The number of nitrogens with zero attached hydrogens (tertiary/aromatic N) is 2. The summed E-state index contributed by atoms with van der Waals surface area (Å²) >= 11 is 0. The van der Waals surface area contributed by atoms with Gasteiger partial charge in [-0.2, -0.15) is 5.26 Å². The average Bonchev–Trinajstić information content (AvgIpc) is 2.66. The third kappa shape index (κ3) is 4.32. The highest BCUT2D eigenvalue weighted by atomic mass is 16.2. The molecule has 1 amide bonds. The Hall–Kier alpha value is -1.82. The van der Waals surface area contributed by atoms with Crippen molar-refractivity contribution in [1.29, 1.82) is 5.26 Å². The number of rotatable bonds is 3. The maximum absolute atomic E-state index is 12.6. The average molecular weight is 284 g/mol. The summed E-state index contributed by atoms with van der Waals surface area (Å²) in [6, 6.07) is 12.0. The number of nitriles is 1. The molecule has 3 heteroatoms. The molecular weight excluding hydrogens is 260 g/mol. The van der Waals surface area contributed by atoms with Crippen LogP contribution in [0.5, 0.6) is 0 Å². The number of amides is 1. The Morgan fingerprint density at radius 1 is 1.29 bits per heavy atom. The Morgan fingerprint density at radius 2 is 2.00 bits per heavy atom. The van der Waals surface area contributed by atoms with Crippen molar-refractivity contribution < 1.29 is 4.79 Å². The van der Waals surface area contributed by atoms with Crippen molar-refractivity contribution in [3.63, 3.8) is 0 Å². The Morgan fingerprint density at radius 3 is 2.67 bits per heavy atom. The number of likely N-dealkylation sites (tertiary alicyclic amines) is 1. The van der Waals surface area contributed by atoms with Crippen LogP contribution in [-0.4, -0.2) is 23.9 Å². The molecule has 2 rings (SSSR count). The summed E-state index contributed by atoms with van der Waals surface area (Å²) in [4.78, 5) is 14.5. The second-order valence-electron chi connectivity index (χ2n) is 6.71. The van der Waals surface area contributed by atoms with Crippen LogP contribution in [0.15, 0.2) is 30.3 Å². The van der Waals surface area contributed by atoms with Crippen molar-refractivity contribution in [2.24, 2.45) is 11.3 Å². The molecule has 1 atom stereocenters. The summed E-state index contributed by atoms with van der Waals surface area (Å²) in [5.74, 6) is -0.562. The maximum atomic E-state index is 12.6. The van der Waals surface area contributed by atoms with E-state index in [-0.39, 0.29) is 5.91 Å². The van der Waals surface area contributed by atoms with Crippen LogP contribution in [0, 0.1) is 22.7 Å². The smallest absolute Gasteiger partial charge is 0.240 e. The standard InChI is InChI=1S/C18H24N2O/c1-18(2)9-6-11-20(12-10-18)17(21)16(14-19)13-15-7-4-3-5-8-15/h3-5,7-8,16H,6,9-13H2,1-2H3. The first-order valence-corrected chi connectivity index (χ1v) is 7.74.